The predicted molar refractivity (Wildman–Crippen MR) is 48.1 cm³/mol. The van der Waals surface area contributed by atoms with Gasteiger partial charge in [0.05, 0.1) is 6.61 Å². The van der Waals surface area contributed by atoms with E-state index >= 15 is 0 Å². The van der Waals surface area contributed by atoms with Gasteiger partial charge < -0.3 is 4.74 Å². The molecule has 74 valence electrons. The van der Waals surface area contributed by atoms with Gasteiger partial charge in [0.15, 0.2) is 0 Å². The van der Waals surface area contributed by atoms with Gasteiger partial charge in [-0.3, -0.25) is 9.59 Å². The molecule has 0 amide bonds. The van der Waals surface area contributed by atoms with Crippen molar-refractivity contribution in [2.45, 2.75) is 27.2 Å². The van der Waals surface area contributed by atoms with Gasteiger partial charge in [0, 0.05) is 5.92 Å². The predicted octanol–water partition coefficient (Wildman–Crippen LogP) is 1.41. The van der Waals surface area contributed by atoms with Gasteiger partial charge in [0.2, 0.25) is 0 Å². The molecule has 0 aliphatic heterocycles. The summed E-state index contributed by atoms with van der Waals surface area (Å²) in [7, 11) is 0. The lowest BCUT2D eigenvalue weighted by atomic mass is 10.1. The molecule has 0 aromatic carbocycles. The molecule has 1 saturated carbocycles. The van der Waals surface area contributed by atoms with Crippen molar-refractivity contribution >= 4 is 12.3 Å². The Hall–Kier alpha value is -0.860. The van der Waals surface area contributed by atoms with Gasteiger partial charge in [-0.05, 0) is 24.7 Å². The number of carbonyl (C=O) groups is 2. The van der Waals surface area contributed by atoms with Crippen LogP contribution in [-0.4, -0.2) is 18.9 Å². The molecule has 1 rings (SSSR count). The number of ether oxygens (including phenoxy) is 1. The van der Waals surface area contributed by atoms with Crippen molar-refractivity contribution in [2.75, 3.05) is 6.61 Å². The van der Waals surface area contributed by atoms with Gasteiger partial charge >= 0.3 is 0 Å². The maximum atomic E-state index is 11.2. The summed E-state index contributed by atoms with van der Waals surface area (Å²) in [5, 5.41) is 0. The van der Waals surface area contributed by atoms with Crippen LogP contribution in [0.5, 0.6) is 0 Å². The summed E-state index contributed by atoms with van der Waals surface area (Å²) in [6.07, 6.45) is 0.802. The molecule has 13 heavy (non-hydrogen) atoms. The Kier molecular flexibility index (Phi) is 2.74. The summed E-state index contributed by atoms with van der Waals surface area (Å²) >= 11 is 0. The largest absolute Gasteiger partial charge is 0.468 e. The highest BCUT2D eigenvalue weighted by Gasteiger charge is 2.59. The lowest BCUT2D eigenvalue weighted by Crippen LogP contribution is -1.99. The third-order valence-electron chi connectivity index (χ3n) is 3.10. The van der Waals surface area contributed by atoms with Crippen LogP contribution in [0.15, 0.2) is 0 Å². The van der Waals surface area contributed by atoms with E-state index in [4.69, 9.17) is 0 Å². The molecule has 1 fully saturated rings. The first kappa shape index (κ1) is 10.2. The van der Waals surface area contributed by atoms with Gasteiger partial charge in [0.25, 0.3) is 6.47 Å². The Balaban J connectivity index is 2.37. The molecule has 0 aromatic heterocycles. The SMILES string of the molecule is CC(=O)C1C(CCOC=O)C1(C)C. The smallest absolute Gasteiger partial charge is 0.293 e. The van der Waals surface area contributed by atoms with E-state index in [0.717, 1.165) is 6.42 Å². The molecule has 2 unspecified atom stereocenters. The Labute approximate surface area is 78.5 Å². The minimum atomic E-state index is 0.109. The number of carbonyl (C=O) groups excluding carboxylic acids is 2. The number of ketones is 1. The molecule has 0 spiro atoms. The molecule has 1 aliphatic carbocycles. The first-order valence-electron chi connectivity index (χ1n) is 4.57. The highest BCUT2D eigenvalue weighted by molar-refractivity contribution is 5.82. The van der Waals surface area contributed by atoms with Crippen molar-refractivity contribution in [3.05, 3.63) is 0 Å². The highest BCUT2D eigenvalue weighted by Crippen LogP contribution is 2.60. The van der Waals surface area contributed by atoms with Crippen molar-refractivity contribution in [1.82, 2.24) is 0 Å². The Bertz CT molecular complexity index is 220. The van der Waals surface area contributed by atoms with Crippen molar-refractivity contribution in [3.63, 3.8) is 0 Å². The quantitative estimate of drug-likeness (QED) is 0.479. The van der Waals surface area contributed by atoms with Crippen LogP contribution in [0.1, 0.15) is 27.2 Å². The maximum absolute atomic E-state index is 11.2. The molecule has 0 saturated heterocycles. The normalized spacial score (nSPS) is 29.5. The van der Waals surface area contributed by atoms with Gasteiger partial charge in [-0.25, -0.2) is 0 Å². The second-order valence-corrected chi connectivity index (χ2v) is 4.27. The van der Waals surface area contributed by atoms with Crippen LogP contribution in [-0.2, 0) is 14.3 Å². The Morgan fingerprint density at radius 3 is 2.54 bits per heavy atom. The highest BCUT2D eigenvalue weighted by atomic mass is 16.5. The van der Waals surface area contributed by atoms with E-state index in [0.29, 0.717) is 19.0 Å². The fourth-order valence-electron chi connectivity index (χ4n) is 2.33. The maximum Gasteiger partial charge on any atom is 0.293 e. The molecular weight excluding hydrogens is 168 g/mol. The number of hydrogen-bond donors (Lipinski definition) is 0. The summed E-state index contributed by atoms with van der Waals surface area (Å²) in [6.45, 7) is 6.70. The number of hydrogen-bond acceptors (Lipinski definition) is 3. The van der Waals surface area contributed by atoms with Crippen LogP contribution in [0.25, 0.3) is 0 Å². The standard InChI is InChI=1S/C10H16O3/c1-7(12)9-8(10(9,2)3)4-5-13-6-11/h6,8-9H,4-5H2,1-3H3. The van der Waals surface area contributed by atoms with Gasteiger partial charge in [0.1, 0.15) is 5.78 Å². The second kappa shape index (κ2) is 3.48. The van der Waals surface area contributed by atoms with Gasteiger partial charge in [-0.2, -0.15) is 0 Å². The van der Waals surface area contributed by atoms with Crippen LogP contribution in [0.3, 0.4) is 0 Å². The second-order valence-electron chi connectivity index (χ2n) is 4.27. The molecule has 0 bridgehead atoms. The minimum absolute atomic E-state index is 0.109. The van der Waals surface area contributed by atoms with E-state index in [2.05, 4.69) is 18.6 Å². The summed E-state index contributed by atoms with van der Waals surface area (Å²) in [6, 6.07) is 0. The van der Waals surface area contributed by atoms with Crippen molar-refractivity contribution in [2.24, 2.45) is 17.3 Å². The summed E-state index contributed by atoms with van der Waals surface area (Å²) in [4.78, 5) is 21.0. The summed E-state index contributed by atoms with van der Waals surface area (Å²) in [5.41, 5.74) is 0.109. The molecule has 0 aromatic rings. The summed E-state index contributed by atoms with van der Waals surface area (Å²) in [5.74, 6) is 0.814. The summed E-state index contributed by atoms with van der Waals surface area (Å²) < 4.78 is 4.61. The molecule has 0 N–H and O–H groups in total. The van der Waals surface area contributed by atoms with E-state index in [1.807, 2.05) is 0 Å². The molecule has 0 radical (unpaired) electrons. The van der Waals surface area contributed by atoms with E-state index in [1.165, 1.54) is 0 Å². The van der Waals surface area contributed by atoms with E-state index < -0.39 is 0 Å². The van der Waals surface area contributed by atoms with Crippen molar-refractivity contribution in [3.8, 4) is 0 Å². The fraction of sp³-hybridized carbons (Fsp3) is 0.800. The monoisotopic (exact) mass is 184 g/mol. The van der Waals surface area contributed by atoms with Crippen LogP contribution in [0, 0.1) is 17.3 Å². The van der Waals surface area contributed by atoms with Gasteiger partial charge in [-0.15, -0.1) is 0 Å². The van der Waals surface area contributed by atoms with E-state index in [1.54, 1.807) is 6.92 Å². The lowest BCUT2D eigenvalue weighted by Gasteiger charge is -2.00. The number of Topliss-reactive ketones (excluding diaryl/α,β-unsaturated/α-hetero) is 1. The Morgan fingerprint density at radius 2 is 2.15 bits per heavy atom. The minimum Gasteiger partial charge on any atom is -0.468 e. The third kappa shape index (κ3) is 1.90. The van der Waals surface area contributed by atoms with Crippen LogP contribution in [0.4, 0.5) is 0 Å². The topological polar surface area (TPSA) is 43.4 Å². The van der Waals surface area contributed by atoms with Crippen molar-refractivity contribution in [1.29, 1.82) is 0 Å². The number of rotatable bonds is 5. The molecule has 2 atom stereocenters. The first-order valence-corrected chi connectivity index (χ1v) is 4.57. The zero-order chi connectivity index (χ0) is 10.1. The fourth-order valence-corrected chi connectivity index (χ4v) is 2.33. The first-order chi connectivity index (χ1) is 6.01. The van der Waals surface area contributed by atoms with Crippen molar-refractivity contribution < 1.29 is 14.3 Å². The zero-order valence-electron chi connectivity index (χ0n) is 8.37. The molecule has 3 heteroatoms. The average molecular weight is 184 g/mol. The van der Waals surface area contributed by atoms with Crippen LogP contribution in [0.2, 0.25) is 0 Å². The molecular formula is C10H16O3. The van der Waals surface area contributed by atoms with E-state index in [-0.39, 0.29) is 17.1 Å². The van der Waals surface area contributed by atoms with E-state index in [9.17, 15) is 9.59 Å². The Morgan fingerprint density at radius 1 is 1.54 bits per heavy atom. The van der Waals surface area contributed by atoms with Crippen LogP contribution < -0.4 is 0 Å². The average Bonchev–Trinajstić information content (AvgIpc) is 2.54. The molecule has 0 heterocycles. The molecule has 3 nitrogen and oxygen atoms in total. The third-order valence-corrected chi connectivity index (χ3v) is 3.10. The lowest BCUT2D eigenvalue weighted by molar-refractivity contribution is -0.128. The molecule has 1 aliphatic rings. The zero-order valence-corrected chi connectivity index (χ0v) is 8.37. The van der Waals surface area contributed by atoms with Gasteiger partial charge in [-0.1, -0.05) is 13.8 Å². The van der Waals surface area contributed by atoms with Crippen LogP contribution >= 0.6 is 0 Å².